The van der Waals surface area contributed by atoms with Crippen LogP contribution in [0.25, 0.3) is 0 Å². The standard InChI is InChI=1S/C7H5ClF2N2O3/c8-2-3-1-4(6(9)10)11-7(13)5(3)12(14)15/h1,6H,2H2,(H,11,13). The van der Waals surface area contributed by atoms with Crippen molar-refractivity contribution in [3.8, 4) is 0 Å². The molecule has 1 aromatic heterocycles. The summed E-state index contributed by atoms with van der Waals surface area (Å²) < 4.78 is 24.4. The van der Waals surface area contributed by atoms with Crippen LogP contribution in [-0.4, -0.2) is 9.91 Å². The summed E-state index contributed by atoms with van der Waals surface area (Å²) in [6.07, 6.45) is -2.90. The summed E-state index contributed by atoms with van der Waals surface area (Å²) >= 11 is 5.32. The van der Waals surface area contributed by atoms with Crippen molar-refractivity contribution in [3.63, 3.8) is 0 Å². The van der Waals surface area contributed by atoms with E-state index in [2.05, 4.69) is 0 Å². The van der Waals surface area contributed by atoms with E-state index in [1.54, 1.807) is 4.98 Å². The third-order valence-electron chi connectivity index (χ3n) is 1.67. The van der Waals surface area contributed by atoms with Crippen LogP contribution >= 0.6 is 11.6 Å². The van der Waals surface area contributed by atoms with Crippen LogP contribution in [0.3, 0.4) is 0 Å². The van der Waals surface area contributed by atoms with Gasteiger partial charge in [-0.1, -0.05) is 0 Å². The lowest BCUT2D eigenvalue weighted by Crippen LogP contribution is -2.16. The van der Waals surface area contributed by atoms with Crippen molar-refractivity contribution in [2.45, 2.75) is 12.3 Å². The Kier molecular flexibility index (Phi) is 3.35. The summed E-state index contributed by atoms with van der Waals surface area (Å²) in [4.78, 5) is 22.3. The van der Waals surface area contributed by atoms with Gasteiger partial charge in [-0.2, -0.15) is 0 Å². The van der Waals surface area contributed by atoms with Crippen LogP contribution < -0.4 is 5.56 Å². The van der Waals surface area contributed by atoms with Gasteiger partial charge in [0.25, 0.3) is 6.43 Å². The molecule has 0 bridgehead atoms. The predicted molar refractivity (Wildman–Crippen MR) is 48.2 cm³/mol. The van der Waals surface area contributed by atoms with E-state index in [9.17, 15) is 23.7 Å². The molecule has 0 radical (unpaired) electrons. The first-order valence-corrected chi connectivity index (χ1v) is 4.25. The Morgan fingerprint density at radius 3 is 2.60 bits per heavy atom. The topological polar surface area (TPSA) is 76.0 Å². The third kappa shape index (κ3) is 2.30. The zero-order valence-electron chi connectivity index (χ0n) is 7.17. The van der Waals surface area contributed by atoms with Crippen LogP contribution in [0.4, 0.5) is 14.5 Å². The smallest absolute Gasteiger partial charge is 0.315 e. The molecule has 0 aliphatic carbocycles. The fourth-order valence-electron chi connectivity index (χ4n) is 1.05. The van der Waals surface area contributed by atoms with Gasteiger partial charge in [-0.15, -0.1) is 11.6 Å². The van der Waals surface area contributed by atoms with E-state index in [1.165, 1.54) is 0 Å². The largest absolute Gasteiger partial charge is 0.338 e. The Labute approximate surface area is 86.8 Å². The maximum absolute atomic E-state index is 12.2. The molecule has 0 spiro atoms. The summed E-state index contributed by atoms with van der Waals surface area (Å²) in [7, 11) is 0. The lowest BCUT2D eigenvalue weighted by molar-refractivity contribution is -0.387. The molecule has 0 fully saturated rings. The highest BCUT2D eigenvalue weighted by atomic mass is 35.5. The average molecular weight is 239 g/mol. The van der Waals surface area contributed by atoms with Crippen LogP contribution in [0, 0.1) is 10.1 Å². The molecule has 0 aliphatic rings. The molecule has 1 rings (SSSR count). The Balaban J connectivity index is 3.44. The number of rotatable bonds is 3. The van der Waals surface area contributed by atoms with Crippen molar-refractivity contribution in [2.75, 3.05) is 0 Å². The van der Waals surface area contributed by atoms with E-state index in [0.29, 0.717) is 0 Å². The van der Waals surface area contributed by atoms with Gasteiger partial charge < -0.3 is 4.98 Å². The number of aromatic nitrogens is 1. The van der Waals surface area contributed by atoms with Crippen molar-refractivity contribution in [2.24, 2.45) is 0 Å². The quantitative estimate of drug-likeness (QED) is 0.497. The number of halogens is 3. The Morgan fingerprint density at radius 2 is 2.20 bits per heavy atom. The normalized spacial score (nSPS) is 10.7. The van der Waals surface area contributed by atoms with Gasteiger partial charge in [-0.3, -0.25) is 14.9 Å². The number of alkyl halides is 3. The van der Waals surface area contributed by atoms with E-state index in [1.807, 2.05) is 0 Å². The van der Waals surface area contributed by atoms with Crippen LogP contribution in [0.2, 0.25) is 0 Å². The van der Waals surface area contributed by atoms with Gasteiger partial charge in [-0.25, -0.2) is 8.78 Å². The molecule has 0 saturated carbocycles. The number of nitrogens with zero attached hydrogens (tertiary/aromatic N) is 1. The second-order valence-electron chi connectivity index (χ2n) is 2.62. The van der Waals surface area contributed by atoms with E-state index < -0.39 is 28.3 Å². The van der Waals surface area contributed by atoms with Crippen LogP contribution in [0.15, 0.2) is 10.9 Å². The molecule has 5 nitrogen and oxygen atoms in total. The molecule has 0 aromatic carbocycles. The SMILES string of the molecule is O=c1[nH]c(C(F)F)cc(CCl)c1[N+](=O)[O-]. The maximum Gasteiger partial charge on any atom is 0.338 e. The molecule has 8 heteroatoms. The minimum Gasteiger partial charge on any atom is -0.315 e. The maximum atomic E-state index is 12.2. The van der Waals surface area contributed by atoms with Crippen molar-refractivity contribution in [1.29, 1.82) is 0 Å². The molecule has 0 amide bonds. The highest BCUT2D eigenvalue weighted by Crippen LogP contribution is 2.21. The summed E-state index contributed by atoms with van der Waals surface area (Å²) in [6, 6.07) is 0.817. The van der Waals surface area contributed by atoms with Crippen molar-refractivity contribution in [1.82, 2.24) is 4.98 Å². The van der Waals surface area contributed by atoms with Crippen LogP contribution in [0.1, 0.15) is 17.7 Å². The molecular formula is C7H5ClF2N2O3. The monoisotopic (exact) mass is 238 g/mol. The summed E-state index contributed by atoms with van der Waals surface area (Å²) in [5.74, 6) is -0.375. The molecule has 1 aromatic rings. The Bertz CT molecular complexity index is 446. The molecular weight excluding hydrogens is 234 g/mol. The number of hydrogen-bond acceptors (Lipinski definition) is 3. The first kappa shape index (κ1) is 11.6. The van der Waals surface area contributed by atoms with Gasteiger partial charge in [0.05, 0.1) is 22.1 Å². The Hall–Kier alpha value is -1.50. The number of pyridine rings is 1. The molecule has 0 saturated heterocycles. The van der Waals surface area contributed by atoms with Gasteiger partial charge in [0.2, 0.25) is 0 Å². The average Bonchev–Trinajstić information content (AvgIpc) is 2.15. The molecule has 15 heavy (non-hydrogen) atoms. The van der Waals surface area contributed by atoms with E-state index in [4.69, 9.17) is 11.6 Å². The minimum absolute atomic E-state index is 0.222. The predicted octanol–water partition coefficient (Wildman–Crippen LogP) is 1.96. The van der Waals surface area contributed by atoms with Gasteiger partial charge >= 0.3 is 11.2 Å². The summed E-state index contributed by atoms with van der Waals surface area (Å²) in [5.41, 5.74) is -2.87. The van der Waals surface area contributed by atoms with Gasteiger partial charge in [0, 0.05) is 0 Å². The molecule has 0 unspecified atom stereocenters. The zero-order valence-corrected chi connectivity index (χ0v) is 7.92. The Morgan fingerprint density at radius 1 is 1.60 bits per heavy atom. The fraction of sp³-hybridized carbons (Fsp3) is 0.286. The number of nitro groups is 1. The molecule has 1 N–H and O–H groups in total. The lowest BCUT2D eigenvalue weighted by atomic mass is 10.2. The molecule has 82 valence electrons. The van der Waals surface area contributed by atoms with E-state index >= 15 is 0 Å². The van der Waals surface area contributed by atoms with Crippen LogP contribution in [-0.2, 0) is 5.88 Å². The van der Waals surface area contributed by atoms with E-state index in [0.717, 1.165) is 6.07 Å². The molecule has 1 heterocycles. The minimum atomic E-state index is -2.90. The lowest BCUT2D eigenvalue weighted by Gasteiger charge is -2.02. The first-order chi connectivity index (χ1) is 6.97. The van der Waals surface area contributed by atoms with Crippen molar-refractivity contribution >= 4 is 17.3 Å². The second-order valence-corrected chi connectivity index (χ2v) is 2.89. The van der Waals surface area contributed by atoms with Crippen molar-refractivity contribution < 1.29 is 13.7 Å². The van der Waals surface area contributed by atoms with Crippen LogP contribution in [0.5, 0.6) is 0 Å². The number of aromatic amines is 1. The molecule has 0 aliphatic heterocycles. The summed E-state index contributed by atoms with van der Waals surface area (Å²) in [5, 5.41) is 10.4. The number of H-pyrrole nitrogens is 1. The number of hydrogen-bond donors (Lipinski definition) is 1. The fourth-order valence-corrected chi connectivity index (χ4v) is 1.25. The van der Waals surface area contributed by atoms with E-state index in [-0.39, 0.29) is 11.4 Å². The van der Waals surface area contributed by atoms with Gasteiger partial charge in [0.15, 0.2) is 0 Å². The zero-order chi connectivity index (χ0) is 11.6. The highest BCUT2D eigenvalue weighted by molar-refractivity contribution is 6.17. The highest BCUT2D eigenvalue weighted by Gasteiger charge is 2.22. The summed E-state index contributed by atoms with van der Waals surface area (Å²) in [6.45, 7) is 0. The number of nitrogens with one attached hydrogen (secondary N) is 1. The van der Waals surface area contributed by atoms with Gasteiger partial charge in [-0.05, 0) is 6.07 Å². The van der Waals surface area contributed by atoms with Gasteiger partial charge in [0.1, 0.15) is 0 Å². The third-order valence-corrected chi connectivity index (χ3v) is 1.96. The second kappa shape index (κ2) is 4.35. The molecule has 0 atom stereocenters. The first-order valence-electron chi connectivity index (χ1n) is 3.72. The van der Waals surface area contributed by atoms with Crippen molar-refractivity contribution in [3.05, 3.63) is 37.8 Å².